The van der Waals surface area contributed by atoms with Gasteiger partial charge in [-0.25, -0.2) is 15.0 Å². The lowest BCUT2D eigenvalue weighted by Gasteiger charge is -2.50. The van der Waals surface area contributed by atoms with Crippen LogP contribution in [0.4, 0.5) is 18.3 Å². The largest absolute Gasteiger partial charge is 0.480 e. The predicted octanol–water partition coefficient (Wildman–Crippen LogP) is 2.88. The van der Waals surface area contributed by atoms with Crippen molar-refractivity contribution in [3.8, 4) is 28.8 Å². The third kappa shape index (κ3) is 4.29. The Hall–Kier alpha value is -3.98. The summed E-state index contributed by atoms with van der Waals surface area (Å²) >= 11 is 1.08. The first-order valence-electron chi connectivity index (χ1n) is 10.6. The molecule has 1 spiro atoms. The van der Waals surface area contributed by atoms with Gasteiger partial charge in [0.25, 0.3) is 5.91 Å². The Morgan fingerprint density at radius 1 is 1.22 bits per heavy atom. The van der Waals surface area contributed by atoms with Crippen molar-refractivity contribution in [3.63, 3.8) is 0 Å². The van der Waals surface area contributed by atoms with E-state index in [4.69, 9.17) is 19.3 Å². The first-order valence-corrected chi connectivity index (χ1v) is 11.5. The molecule has 0 aliphatic carbocycles. The van der Waals surface area contributed by atoms with Crippen LogP contribution in [0.3, 0.4) is 0 Å². The van der Waals surface area contributed by atoms with Crippen LogP contribution in [0, 0.1) is 0 Å². The average Bonchev–Trinajstić information content (AvgIpc) is 3.25. The zero-order valence-corrected chi connectivity index (χ0v) is 20.1. The standard InChI is InChI=1S/C22H18F3N5O6S/c1-34-18-14(19(35-2)27-9-26-18)17(33)29-20-28-15-11-4-3-10(22(23,24)25)5-12(11)36-21(16(15)37-20)7-30(8-21)6-13(31)32/h3-5,9H,6-8H2,1-2H3,(H,31,32)(H,28,29,33). The molecule has 2 N–H and O–H groups in total. The number of nitrogens with zero attached hydrogens (tertiary/aromatic N) is 4. The van der Waals surface area contributed by atoms with Crippen LogP contribution >= 0.6 is 11.3 Å². The Morgan fingerprint density at radius 2 is 1.89 bits per heavy atom. The van der Waals surface area contributed by atoms with Gasteiger partial charge in [-0.1, -0.05) is 11.3 Å². The number of likely N-dealkylation sites (tertiary alicyclic amines) is 1. The number of aliphatic carboxylic acids is 1. The molecule has 5 rings (SSSR count). The summed E-state index contributed by atoms with van der Waals surface area (Å²) in [6.45, 7) is -0.0244. The molecule has 2 aliphatic heterocycles. The van der Waals surface area contributed by atoms with Gasteiger partial charge in [-0.15, -0.1) is 0 Å². The van der Waals surface area contributed by atoms with Gasteiger partial charge < -0.3 is 19.3 Å². The van der Waals surface area contributed by atoms with Crippen LogP contribution in [-0.2, 0) is 16.6 Å². The predicted molar refractivity (Wildman–Crippen MR) is 122 cm³/mol. The summed E-state index contributed by atoms with van der Waals surface area (Å²) in [4.78, 5) is 38.7. The SMILES string of the molecule is COc1ncnc(OC)c1C(=O)Nc1nc2c(s1)C1(CN(CC(=O)O)C1)Oc1cc(C(F)(F)F)ccc1-2. The number of ether oxygens (including phenoxy) is 3. The molecular formula is C22H18F3N5O6S. The quantitative estimate of drug-likeness (QED) is 0.483. The lowest BCUT2D eigenvalue weighted by Crippen LogP contribution is -2.63. The van der Waals surface area contributed by atoms with E-state index in [1.165, 1.54) is 26.6 Å². The number of carbonyl (C=O) groups is 2. The van der Waals surface area contributed by atoms with Crippen molar-refractivity contribution in [2.75, 3.05) is 39.2 Å². The highest BCUT2D eigenvalue weighted by Crippen LogP contribution is 2.53. The number of carboxylic acids is 1. The number of anilines is 1. The van der Waals surface area contributed by atoms with Gasteiger partial charge in [0, 0.05) is 18.7 Å². The Bertz CT molecular complexity index is 1380. The maximum absolute atomic E-state index is 13.4. The Balaban J connectivity index is 1.54. The molecule has 194 valence electrons. The second kappa shape index (κ2) is 8.85. The summed E-state index contributed by atoms with van der Waals surface area (Å²) in [6.07, 6.45) is -3.42. The molecule has 1 saturated heterocycles. The minimum atomic E-state index is -4.59. The molecular weight excluding hydrogens is 519 g/mol. The van der Waals surface area contributed by atoms with Crippen molar-refractivity contribution in [1.82, 2.24) is 19.9 Å². The van der Waals surface area contributed by atoms with Gasteiger partial charge in [0.05, 0.1) is 36.9 Å². The zero-order chi connectivity index (χ0) is 26.5. The van der Waals surface area contributed by atoms with E-state index in [1.807, 2.05) is 0 Å². The van der Waals surface area contributed by atoms with Crippen LogP contribution in [0.25, 0.3) is 11.3 Å². The van der Waals surface area contributed by atoms with E-state index in [-0.39, 0.29) is 47.8 Å². The van der Waals surface area contributed by atoms with Crippen molar-refractivity contribution >= 4 is 28.3 Å². The van der Waals surface area contributed by atoms with Gasteiger partial charge in [0.1, 0.15) is 12.1 Å². The number of hydrogen-bond acceptors (Lipinski definition) is 10. The molecule has 4 heterocycles. The van der Waals surface area contributed by atoms with Crippen LogP contribution < -0.4 is 19.5 Å². The number of benzene rings is 1. The Kier molecular flexibility index (Phi) is 5.91. The molecule has 11 nitrogen and oxygen atoms in total. The van der Waals surface area contributed by atoms with E-state index in [1.54, 1.807) is 4.90 Å². The van der Waals surface area contributed by atoms with Crippen molar-refractivity contribution in [1.29, 1.82) is 0 Å². The third-order valence-electron chi connectivity index (χ3n) is 5.84. The molecule has 0 atom stereocenters. The number of rotatable bonds is 6. The highest BCUT2D eigenvalue weighted by Gasteiger charge is 2.53. The molecule has 37 heavy (non-hydrogen) atoms. The summed E-state index contributed by atoms with van der Waals surface area (Å²) < 4.78 is 56.4. The fourth-order valence-corrected chi connectivity index (χ4v) is 5.39. The first kappa shape index (κ1) is 24.7. The van der Waals surface area contributed by atoms with E-state index in [0.29, 0.717) is 16.1 Å². The maximum Gasteiger partial charge on any atom is 0.416 e. The average molecular weight is 537 g/mol. The van der Waals surface area contributed by atoms with Gasteiger partial charge in [-0.3, -0.25) is 19.8 Å². The van der Waals surface area contributed by atoms with Crippen molar-refractivity contribution in [2.24, 2.45) is 0 Å². The molecule has 1 aromatic carbocycles. The number of aromatic nitrogens is 3. The van der Waals surface area contributed by atoms with Crippen molar-refractivity contribution in [3.05, 3.63) is 40.5 Å². The van der Waals surface area contributed by atoms with E-state index in [2.05, 4.69) is 20.3 Å². The van der Waals surface area contributed by atoms with Gasteiger partial charge in [0.15, 0.2) is 16.3 Å². The highest BCUT2D eigenvalue weighted by molar-refractivity contribution is 7.16. The van der Waals surface area contributed by atoms with E-state index >= 15 is 0 Å². The molecule has 1 fully saturated rings. The molecule has 1 amide bonds. The first-order chi connectivity index (χ1) is 17.5. The molecule has 3 aromatic rings. The summed E-state index contributed by atoms with van der Waals surface area (Å²) in [7, 11) is 2.65. The second-order valence-corrected chi connectivity index (χ2v) is 9.26. The van der Waals surface area contributed by atoms with Crippen LogP contribution in [0.2, 0.25) is 0 Å². The zero-order valence-electron chi connectivity index (χ0n) is 19.3. The summed E-state index contributed by atoms with van der Waals surface area (Å²) in [6, 6.07) is 3.09. The minimum Gasteiger partial charge on any atom is -0.480 e. The molecule has 2 aromatic heterocycles. The molecule has 0 radical (unpaired) electrons. The van der Waals surface area contributed by atoms with Crippen LogP contribution in [-0.4, -0.2) is 70.7 Å². The highest BCUT2D eigenvalue weighted by atomic mass is 32.1. The monoisotopic (exact) mass is 537 g/mol. The molecule has 0 bridgehead atoms. The van der Waals surface area contributed by atoms with Crippen LogP contribution in [0.1, 0.15) is 20.8 Å². The van der Waals surface area contributed by atoms with Gasteiger partial charge in [0.2, 0.25) is 11.8 Å². The number of carbonyl (C=O) groups excluding carboxylic acids is 1. The minimum absolute atomic E-state index is 0.0275. The normalized spacial score (nSPS) is 15.7. The number of alkyl halides is 3. The Labute approximate surface area is 210 Å². The van der Waals surface area contributed by atoms with E-state index in [0.717, 1.165) is 23.5 Å². The number of halogens is 3. The summed E-state index contributed by atoms with van der Waals surface area (Å²) in [5, 5.41) is 11.9. The molecule has 2 aliphatic rings. The van der Waals surface area contributed by atoms with E-state index < -0.39 is 29.2 Å². The number of carboxylic acid groups (broad SMARTS) is 1. The molecule has 0 unspecified atom stereocenters. The van der Waals surface area contributed by atoms with Gasteiger partial charge in [-0.05, 0) is 18.2 Å². The fraction of sp³-hybridized carbons (Fsp3) is 0.318. The fourth-order valence-electron chi connectivity index (χ4n) is 4.31. The van der Waals surface area contributed by atoms with E-state index in [9.17, 15) is 22.8 Å². The number of nitrogens with one attached hydrogen (secondary N) is 1. The number of hydrogen-bond donors (Lipinski definition) is 2. The van der Waals surface area contributed by atoms with Crippen molar-refractivity contribution < 1.29 is 42.1 Å². The summed E-state index contributed by atoms with van der Waals surface area (Å²) in [5.41, 5.74) is -1.42. The number of methoxy groups -OCH3 is 2. The van der Waals surface area contributed by atoms with Gasteiger partial charge in [-0.2, -0.15) is 13.2 Å². The Morgan fingerprint density at radius 3 is 2.49 bits per heavy atom. The maximum atomic E-state index is 13.4. The lowest BCUT2D eigenvalue weighted by molar-refractivity contribution is -0.146. The number of thiazole rings is 1. The lowest BCUT2D eigenvalue weighted by atomic mass is 9.86. The number of amides is 1. The van der Waals surface area contributed by atoms with Gasteiger partial charge >= 0.3 is 12.1 Å². The molecule has 0 saturated carbocycles. The topological polar surface area (TPSA) is 136 Å². The molecule has 15 heteroatoms. The van der Waals surface area contributed by atoms with Crippen LogP contribution in [0.5, 0.6) is 17.5 Å². The second-order valence-electron chi connectivity index (χ2n) is 8.26. The smallest absolute Gasteiger partial charge is 0.416 e. The number of fused-ring (bicyclic) bond motifs is 4. The third-order valence-corrected chi connectivity index (χ3v) is 7.00. The van der Waals surface area contributed by atoms with Crippen LogP contribution in [0.15, 0.2) is 24.5 Å². The summed E-state index contributed by atoms with van der Waals surface area (Å²) in [5.74, 6) is -1.81. The van der Waals surface area contributed by atoms with Crippen molar-refractivity contribution in [2.45, 2.75) is 11.8 Å².